The number of aromatic amines is 1. The molecule has 0 spiro atoms. The van der Waals surface area contributed by atoms with Crippen LogP contribution in [-0.4, -0.2) is 27.2 Å². The molecule has 0 unspecified atom stereocenters. The lowest BCUT2D eigenvalue weighted by Gasteiger charge is -2.04. The molecule has 1 aromatic heterocycles. The van der Waals surface area contributed by atoms with E-state index in [1.807, 2.05) is 28.7 Å². The topological polar surface area (TPSA) is 95.1 Å². The lowest BCUT2D eigenvalue weighted by molar-refractivity contribution is 0.0690. The molecule has 0 aliphatic heterocycles. The van der Waals surface area contributed by atoms with Gasteiger partial charge in [-0.25, -0.2) is 4.79 Å². The molecule has 6 nitrogen and oxygen atoms in total. The first-order valence-electron chi connectivity index (χ1n) is 5.02. The van der Waals surface area contributed by atoms with Crippen LogP contribution in [0.4, 0.5) is 5.82 Å². The van der Waals surface area contributed by atoms with Gasteiger partial charge in [0.1, 0.15) is 5.69 Å². The molecular formula is C11H7BrIN3O3. The molecule has 0 aliphatic carbocycles. The predicted molar refractivity (Wildman–Crippen MR) is 80.4 cm³/mol. The summed E-state index contributed by atoms with van der Waals surface area (Å²) in [6, 6.07) is 6.56. The fraction of sp³-hybridized carbons (Fsp3) is 0. The summed E-state index contributed by atoms with van der Waals surface area (Å²) in [5, 5.41) is 17.3. The number of carbonyl (C=O) groups excluding carboxylic acids is 1. The number of carboxylic acids is 1. The Hall–Kier alpha value is -1.42. The number of aromatic nitrogens is 2. The van der Waals surface area contributed by atoms with Gasteiger partial charge in [0.05, 0.1) is 5.56 Å². The van der Waals surface area contributed by atoms with Gasteiger partial charge in [-0.2, -0.15) is 5.10 Å². The van der Waals surface area contributed by atoms with Gasteiger partial charge in [-0.3, -0.25) is 9.89 Å². The molecule has 1 amide bonds. The Bertz CT molecular complexity index is 656. The van der Waals surface area contributed by atoms with E-state index in [9.17, 15) is 9.59 Å². The Labute approximate surface area is 129 Å². The lowest BCUT2D eigenvalue weighted by atomic mass is 10.2. The average Bonchev–Trinajstić information content (AvgIpc) is 2.80. The molecule has 3 N–H and O–H groups in total. The number of carboxylic acid groups (broad SMARTS) is 1. The van der Waals surface area contributed by atoms with Crippen molar-refractivity contribution in [3.05, 3.63) is 43.6 Å². The molecule has 0 atom stereocenters. The Balaban J connectivity index is 2.20. The van der Waals surface area contributed by atoms with Gasteiger partial charge in [-0.1, -0.05) is 15.9 Å². The molecule has 0 radical (unpaired) electrons. The number of amides is 1. The summed E-state index contributed by atoms with van der Waals surface area (Å²) < 4.78 is 1.57. The van der Waals surface area contributed by atoms with Crippen LogP contribution >= 0.6 is 38.5 Å². The van der Waals surface area contributed by atoms with Crippen LogP contribution in [0.15, 0.2) is 28.7 Å². The normalized spacial score (nSPS) is 10.2. The van der Waals surface area contributed by atoms with Crippen LogP contribution < -0.4 is 5.32 Å². The van der Waals surface area contributed by atoms with Crippen LogP contribution in [0.3, 0.4) is 0 Å². The molecule has 19 heavy (non-hydrogen) atoms. The molecule has 1 aromatic carbocycles. The highest BCUT2D eigenvalue weighted by atomic mass is 127. The van der Waals surface area contributed by atoms with Crippen molar-refractivity contribution in [2.45, 2.75) is 0 Å². The molecule has 8 heteroatoms. The molecule has 2 rings (SSSR count). The van der Waals surface area contributed by atoms with Gasteiger partial charge in [-0.15, -0.1) is 0 Å². The maximum absolute atomic E-state index is 12.0. The summed E-state index contributed by atoms with van der Waals surface area (Å²) in [6.07, 6.45) is 0. The van der Waals surface area contributed by atoms with E-state index in [-0.39, 0.29) is 17.4 Å². The van der Waals surface area contributed by atoms with E-state index < -0.39 is 5.97 Å². The van der Waals surface area contributed by atoms with E-state index in [4.69, 9.17) is 5.11 Å². The molecule has 2 aromatic rings. The maximum atomic E-state index is 12.0. The number of aromatic carboxylic acids is 1. The second-order valence-electron chi connectivity index (χ2n) is 3.55. The van der Waals surface area contributed by atoms with E-state index in [1.54, 1.807) is 12.1 Å². The first-order chi connectivity index (χ1) is 8.97. The highest BCUT2D eigenvalue weighted by molar-refractivity contribution is 14.1. The van der Waals surface area contributed by atoms with Gasteiger partial charge in [-0.05, 0) is 40.8 Å². The fourth-order valence-corrected chi connectivity index (χ4v) is 2.29. The van der Waals surface area contributed by atoms with Gasteiger partial charge in [0.25, 0.3) is 5.91 Å². The Morgan fingerprint density at radius 1 is 1.37 bits per heavy atom. The lowest BCUT2D eigenvalue weighted by Crippen LogP contribution is -2.13. The molecule has 98 valence electrons. The molecule has 0 fully saturated rings. The zero-order chi connectivity index (χ0) is 14.0. The number of hydrogen-bond donors (Lipinski definition) is 3. The molecule has 0 bridgehead atoms. The highest BCUT2D eigenvalue weighted by Crippen LogP contribution is 2.19. The number of halogens is 2. The minimum Gasteiger partial charge on any atom is -0.477 e. The second kappa shape index (κ2) is 5.70. The maximum Gasteiger partial charge on any atom is 0.353 e. The smallest absolute Gasteiger partial charge is 0.353 e. The van der Waals surface area contributed by atoms with Crippen LogP contribution in [0, 0.1) is 3.57 Å². The van der Waals surface area contributed by atoms with Gasteiger partial charge >= 0.3 is 5.97 Å². The minimum absolute atomic E-state index is 0.0840. The van der Waals surface area contributed by atoms with Crippen molar-refractivity contribution in [2.24, 2.45) is 0 Å². The molecule has 0 saturated carbocycles. The summed E-state index contributed by atoms with van der Waals surface area (Å²) >= 11 is 5.34. The van der Waals surface area contributed by atoms with E-state index in [0.29, 0.717) is 5.56 Å². The quantitative estimate of drug-likeness (QED) is 0.646. The number of nitrogens with one attached hydrogen (secondary N) is 2. The summed E-state index contributed by atoms with van der Waals surface area (Å²) in [5.74, 6) is -1.32. The Morgan fingerprint density at radius 3 is 2.74 bits per heavy atom. The monoisotopic (exact) mass is 435 g/mol. The first-order valence-corrected chi connectivity index (χ1v) is 6.89. The number of H-pyrrole nitrogens is 1. The van der Waals surface area contributed by atoms with Gasteiger partial charge < -0.3 is 10.4 Å². The molecular weight excluding hydrogens is 429 g/mol. The van der Waals surface area contributed by atoms with Gasteiger partial charge in [0.15, 0.2) is 5.82 Å². The number of anilines is 1. The van der Waals surface area contributed by atoms with Crippen molar-refractivity contribution < 1.29 is 14.7 Å². The zero-order valence-corrected chi connectivity index (χ0v) is 13.0. The van der Waals surface area contributed by atoms with E-state index in [0.717, 1.165) is 8.04 Å². The number of carbonyl (C=O) groups is 2. The van der Waals surface area contributed by atoms with Crippen molar-refractivity contribution in [1.29, 1.82) is 0 Å². The number of rotatable bonds is 3. The van der Waals surface area contributed by atoms with Crippen molar-refractivity contribution in [2.75, 3.05) is 5.32 Å². The number of benzene rings is 1. The summed E-state index contributed by atoms with van der Waals surface area (Å²) in [4.78, 5) is 22.7. The third-order valence-electron chi connectivity index (χ3n) is 2.22. The highest BCUT2D eigenvalue weighted by Gasteiger charge is 2.14. The number of nitrogens with zero attached hydrogens (tertiary/aromatic N) is 1. The van der Waals surface area contributed by atoms with E-state index in [1.165, 1.54) is 6.07 Å². The van der Waals surface area contributed by atoms with Crippen molar-refractivity contribution >= 4 is 56.2 Å². The van der Waals surface area contributed by atoms with Crippen molar-refractivity contribution in [1.82, 2.24) is 10.2 Å². The molecule has 1 heterocycles. The zero-order valence-electron chi connectivity index (χ0n) is 9.28. The molecule has 0 aliphatic rings. The third kappa shape index (κ3) is 3.32. The van der Waals surface area contributed by atoms with Crippen LogP contribution in [0.5, 0.6) is 0 Å². The second-order valence-corrected chi connectivity index (χ2v) is 5.63. The summed E-state index contributed by atoms with van der Waals surface area (Å²) in [6.45, 7) is 0. The van der Waals surface area contributed by atoms with Crippen molar-refractivity contribution in [3.8, 4) is 0 Å². The van der Waals surface area contributed by atoms with Crippen LogP contribution in [0.1, 0.15) is 20.8 Å². The van der Waals surface area contributed by atoms with Gasteiger partial charge in [0.2, 0.25) is 0 Å². The fourth-order valence-electron chi connectivity index (χ4n) is 1.35. The van der Waals surface area contributed by atoms with E-state index in [2.05, 4.69) is 31.4 Å². The minimum atomic E-state index is -1.13. The average molecular weight is 436 g/mol. The van der Waals surface area contributed by atoms with Crippen LogP contribution in [0.2, 0.25) is 0 Å². The number of hydrogen-bond acceptors (Lipinski definition) is 3. The van der Waals surface area contributed by atoms with Crippen LogP contribution in [0.25, 0.3) is 0 Å². The summed E-state index contributed by atoms with van der Waals surface area (Å²) in [7, 11) is 0. The largest absolute Gasteiger partial charge is 0.477 e. The van der Waals surface area contributed by atoms with Crippen LogP contribution in [-0.2, 0) is 0 Å². The SMILES string of the molecule is O=C(O)c1cc(NC(=O)c2cc(Br)ccc2I)n[nH]1. The first kappa shape index (κ1) is 14.0. The molecule has 0 saturated heterocycles. The Morgan fingerprint density at radius 2 is 2.11 bits per heavy atom. The summed E-state index contributed by atoms with van der Waals surface area (Å²) in [5.41, 5.74) is 0.397. The predicted octanol–water partition coefficient (Wildman–Crippen LogP) is 2.73. The standard InChI is InChI=1S/C11H7BrIN3O3/c12-5-1-2-7(13)6(3-5)10(17)14-9-4-8(11(18)19)15-16-9/h1-4H,(H,18,19)(H2,14,15,16,17). The van der Waals surface area contributed by atoms with Crippen molar-refractivity contribution in [3.63, 3.8) is 0 Å². The van der Waals surface area contributed by atoms with E-state index >= 15 is 0 Å². The third-order valence-corrected chi connectivity index (χ3v) is 3.66. The van der Waals surface area contributed by atoms with Gasteiger partial charge in [0, 0.05) is 14.1 Å². The Kier molecular flexibility index (Phi) is 4.20.